The van der Waals surface area contributed by atoms with Gasteiger partial charge in [-0.3, -0.25) is 4.79 Å². The average Bonchev–Trinajstić information content (AvgIpc) is 3.20. The Kier molecular flexibility index (Phi) is 7.49. The van der Waals surface area contributed by atoms with E-state index in [0.29, 0.717) is 17.3 Å². The fourth-order valence-electron chi connectivity index (χ4n) is 2.91. The lowest BCUT2D eigenvalue weighted by molar-refractivity contribution is -0.274. The highest BCUT2D eigenvalue weighted by molar-refractivity contribution is 6.43. The van der Waals surface area contributed by atoms with Crippen molar-refractivity contribution in [2.75, 3.05) is 0 Å². The largest absolute Gasteiger partial charge is 0.573 e. The molecule has 32 heavy (non-hydrogen) atoms. The number of carbonyl (C=O) groups is 1. The van der Waals surface area contributed by atoms with Crippen LogP contribution in [-0.4, -0.2) is 45.5 Å². The number of hydrogen-bond acceptors (Lipinski definition) is 7. The average molecular weight is 449 g/mol. The maximum absolute atomic E-state index is 12.4. The zero-order valence-corrected chi connectivity index (χ0v) is 16.6. The summed E-state index contributed by atoms with van der Waals surface area (Å²) in [5.41, 5.74) is 1.05. The number of amides is 1. The van der Waals surface area contributed by atoms with Crippen LogP contribution in [0.5, 0.6) is 5.75 Å². The molecule has 0 bridgehead atoms. The molecule has 3 aromatic rings. The maximum Gasteiger partial charge on any atom is 0.573 e. The van der Waals surface area contributed by atoms with Crippen molar-refractivity contribution in [2.45, 2.75) is 31.6 Å². The standard InChI is InChI=1S/C20H19BF3N3O5/c22-20(23,24)31-15-8-4-5-13(11-15)12-16(21(29)30)25-18(28)10-9-17-26-19(32-27-17)14-6-2-1-3-7-14/h1-8,11,16,29-30H,9-10,12H2,(H,25,28). The third kappa shape index (κ3) is 7.10. The number of hydrogen-bond donors (Lipinski definition) is 3. The van der Waals surface area contributed by atoms with Crippen molar-refractivity contribution in [3.05, 3.63) is 66.0 Å². The number of aromatic nitrogens is 2. The SMILES string of the molecule is O=C(CCc1noc(-c2ccccc2)n1)NC(Cc1cccc(OC(F)(F)F)c1)B(O)O. The molecule has 0 radical (unpaired) electrons. The second-order valence-electron chi connectivity index (χ2n) is 6.87. The normalized spacial score (nSPS) is 12.3. The van der Waals surface area contributed by atoms with Gasteiger partial charge in [0.05, 0.1) is 5.94 Å². The molecule has 3 rings (SSSR count). The summed E-state index contributed by atoms with van der Waals surface area (Å²) >= 11 is 0. The molecule has 0 spiro atoms. The zero-order valence-electron chi connectivity index (χ0n) is 16.6. The van der Waals surface area contributed by atoms with Crippen LogP contribution in [0.3, 0.4) is 0 Å². The molecule has 2 aromatic carbocycles. The lowest BCUT2D eigenvalue weighted by Gasteiger charge is -2.18. The third-order valence-corrected chi connectivity index (χ3v) is 4.36. The van der Waals surface area contributed by atoms with Crippen LogP contribution in [0.4, 0.5) is 13.2 Å². The summed E-state index contributed by atoms with van der Waals surface area (Å²) < 4.78 is 46.2. The lowest BCUT2D eigenvalue weighted by Crippen LogP contribution is -2.48. The smallest absolute Gasteiger partial charge is 0.426 e. The van der Waals surface area contributed by atoms with Gasteiger partial charge in [0.25, 0.3) is 5.89 Å². The minimum absolute atomic E-state index is 0.0613. The van der Waals surface area contributed by atoms with Gasteiger partial charge in [-0.05, 0) is 36.2 Å². The van der Waals surface area contributed by atoms with Crippen LogP contribution in [0.1, 0.15) is 17.8 Å². The molecular formula is C20H19BF3N3O5. The highest BCUT2D eigenvalue weighted by atomic mass is 19.4. The Balaban J connectivity index is 1.55. The highest BCUT2D eigenvalue weighted by Crippen LogP contribution is 2.24. The van der Waals surface area contributed by atoms with Crippen molar-refractivity contribution < 1.29 is 37.3 Å². The third-order valence-electron chi connectivity index (χ3n) is 4.36. The van der Waals surface area contributed by atoms with E-state index in [9.17, 15) is 28.0 Å². The van der Waals surface area contributed by atoms with Gasteiger partial charge in [0, 0.05) is 18.4 Å². The highest BCUT2D eigenvalue weighted by Gasteiger charge is 2.31. The summed E-state index contributed by atoms with van der Waals surface area (Å²) in [6.07, 6.45) is -4.89. The lowest BCUT2D eigenvalue weighted by atomic mass is 9.76. The first-order valence-corrected chi connectivity index (χ1v) is 9.58. The summed E-state index contributed by atoms with van der Waals surface area (Å²) in [7, 11) is -1.93. The van der Waals surface area contributed by atoms with Gasteiger partial charge in [-0.25, -0.2) is 0 Å². The summed E-state index contributed by atoms with van der Waals surface area (Å²) in [5, 5.41) is 25.4. The Bertz CT molecular complexity index is 1030. The van der Waals surface area contributed by atoms with Crippen LogP contribution in [-0.2, 0) is 17.6 Å². The predicted octanol–water partition coefficient (Wildman–Crippen LogP) is 2.31. The molecule has 8 nitrogen and oxygen atoms in total. The number of nitrogens with one attached hydrogen (secondary N) is 1. The van der Waals surface area contributed by atoms with E-state index in [1.807, 2.05) is 18.2 Å². The molecule has 1 atom stereocenters. The number of aryl methyl sites for hydroxylation is 1. The van der Waals surface area contributed by atoms with E-state index in [1.54, 1.807) is 12.1 Å². The molecule has 168 valence electrons. The Morgan fingerprint density at radius 2 is 1.91 bits per heavy atom. The summed E-state index contributed by atoms with van der Waals surface area (Å²) in [5.74, 6) is -1.49. The molecule has 0 aliphatic carbocycles. The molecule has 0 fully saturated rings. The van der Waals surface area contributed by atoms with Gasteiger partial charge in [0.15, 0.2) is 5.82 Å². The van der Waals surface area contributed by atoms with Gasteiger partial charge in [0.1, 0.15) is 5.75 Å². The first-order valence-electron chi connectivity index (χ1n) is 9.58. The van der Waals surface area contributed by atoms with E-state index in [0.717, 1.165) is 17.7 Å². The molecule has 0 aliphatic heterocycles. The van der Waals surface area contributed by atoms with E-state index < -0.39 is 31.1 Å². The molecule has 3 N–H and O–H groups in total. The molecule has 1 aromatic heterocycles. The minimum Gasteiger partial charge on any atom is -0.426 e. The van der Waals surface area contributed by atoms with Crippen molar-refractivity contribution in [1.82, 2.24) is 15.5 Å². The number of rotatable bonds is 9. The van der Waals surface area contributed by atoms with Crippen molar-refractivity contribution in [1.29, 1.82) is 0 Å². The molecule has 0 saturated carbocycles. The number of ether oxygens (including phenoxy) is 1. The van der Waals surface area contributed by atoms with E-state index in [-0.39, 0.29) is 19.3 Å². The minimum atomic E-state index is -4.85. The van der Waals surface area contributed by atoms with Crippen LogP contribution in [0.2, 0.25) is 0 Å². The number of carbonyl (C=O) groups excluding carboxylic acids is 1. The fraction of sp³-hybridized carbons (Fsp3) is 0.250. The second kappa shape index (κ2) is 10.3. The molecule has 1 heterocycles. The maximum atomic E-state index is 12.4. The van der Waals surface area contributed by atoms with Gasteiger partial charge in [-0.1, -0.05) is 35.5 Å². The van der Waals surface area contributed by atoms with Gasteiger partial charge in [0.2, 0.25) is 5.91 Å². The Labute approximate surface area is 181 Å². The second-order valence-corrected chi connectivity index (χ2v) is 6.87. The molecule has 1 amide bonds. The van der Waals surface area contributed by atoms with Crippen molar-refractivity contribution in [2.24, 2.45) is 0 Å². The first-order chi connectivity index (χ1) is 15.2. The van der Waals surface area contributed by atoms with Gasteiger partial charge >= 0.3 is 13.5 Å². The van der Waals surface area contributed by atoms with Gasteiger partial charge in [-0.2, -0.15) is 4.98 Å². The topological polar surface area (TPSA) is 118 Å². The number of nitrogens with zero attached hydrogens (tertiary/aromatic N) is 2. The van der Waals surface area contributed by atoms with E-state index in [1.165, 1.54) is 12.1 Å². The molecule has 12 heteroatoms. The monoisotopic (exact) mass is 449 g/mol. The molecule has 1 unspecified atom stereocenters. The van der Waals surface area contributed by atoms with Crippen molar-refractivity contribution in [3.63, 3.8) is 0 Å². The Hall–Kier alpha value is -3.38. The Morgan fingerprint density at radius 3 is 2.59 bits per heavy atom. The summed E-state index contributed by atoms with van der Waals surface area (Å²) in [4.78, 5) is 16.5. The predicted molar refractivity (Wildman–Crippen MR) is 107 cm³/mol. The quantitative estimate of drug-likeness (QED) is 0.429. The Morgan fingerprint density at radius 1 is 1.16 bits per heavy atom. The van der Waals surface area contributed by atoms with E-state index >= 15 is 0 Å². The van der Waals surface area contributed by atoms with Gasteiger partial charge < -0.3 is 24.6 Å². The molecule has 0 saturated heterocycles. The van der Waals surface area contributed by atoms with Crippen LogP contribution >= 0.6 is 0 Å². The van der Waals surface area contributed by atoms with Crippen molar-refractivity contribution in [3.8, 4) is 17.2 Å². The zero-order chi connectivity index (χ0) is 23.1. The molecular weight excluding hydrogens is 430 g/mol. The van der Waals surface area contributed by atoms with Crippen LogP contribution in [0, 0.1) is 0 Å². The van der Waals surface area contributed by atoms with E-state index in [2.05, 4.69) is 20.2 Å². The first kappa shape index (κ1) is 23.3. The van der Waals surface area contributed by atoms with Crippen LogP contribution in [0.15, 0.2) is 59.1 Å². The fourth-order valence-corrected chi connectivity index (χ4v) is 2.91. The van der Waals surface area contributed by atoms with Crippen molar-refractivity contribution >= 4 is 13.0 Å². The summed E-state index contributed by atoms with van der Waals surface area (Å²) in [6.45, 7) is 0. The van der Waals surface area contributed by atoms with E-state index in [4.69, 9.17) is 4.52 Å². The number of benzene rings is 2. The number of alkyl halides is 3. The van der Waals surface area contributed by atoms with Crippen LogP contribution in [0.25, 0.3) is 11.5 Å². The van der Waals surface area contributed by atoms with Crippen LogP contribution < -0.4 is 10.1 Å². The molecule has 0 aliphatic rings. The van der Waals surface area contributed by atoms with Gasteiger partial charge in [-0.15, -0.1) is 13.2 Å². The summed E-state index contributed by atoms with van der Waals surface area (Å²) in [6, 6.07) is 14.1. The number of halogens is 3.